The maximum atomic E-state index is 14.3. The molecule has 0 radical (unpaired) electrons. The summed E-state index contributed by atoms with van der Waals surface area (Å²) in [6.45, 7) is -0.628. The third-order valence-corrected chi connectivity index (χ3v) is 8.95. The van der Waals surface area contributed by atoms with Gasteiger partial charge in [0.15, 0.2) is 0 Å². The van der Waals surface area contributed by atoms with Gasteiger partial charge in [0.25, 0.3) is 0 Å². The molecule has 0 heterocycles. The van der Waals surface area contributed by atoms with E-state index in [2.05, 4.69) is 5.32 Å². The minimum atomic E-state index is -3.99. The van der Waals surface area contributed by atoms with Gasteiger partial charge in [-0.25, -0.2) is 12.8 Å². The van der Waals surface area contributed by atoms with Crippen molar-refractivity contribution in [3.63, 3.8) is 0 Å². The van der Waals surface area contributed by atoms with Crippen LogP contribution in [0.1, 0.15) is 43.2 Å². The van der Waals surface area contributed by atoms with E-state index in [1.165, 1.54) is 43.4 Å². The highest BCUT2D eigenvalue weighted by molar-refractivity contribution is 7.92. The van der Waals surface area contributed by atoms with Gasteiger partial charge >= 0.3 is 0 Å². The van der Waals surface area contributed by atoms with Crippen LogP contribution in [-0.4, -0.2) is 64.2 Å². The summed E-state index contributed by atoms with van der Waals surface area (Å²) in [5.41, 5.74) is 1.58. The molecule has 1 fully saturated rings. The second kappa shape index (κ2) is 15.1. The van der Waals surface area contributed by atoms with Gasteiger partial charge in [0.05, 0.1) is 26.2 Å². The van der Waals surface area contributed by atoms with Gasteiger partial charge in [-0.15, -0.1) is 0 Å². The Labute approximate surface area is 259 Å². The number of carbonyl (C=O) groups excluding carboxylic acids is 2. The molecule has 0 aromatic heterocycles. The van der Waals surface area contributed by atoms with Crippen molar-refractivity contribution in [2.24, 2.45) is 0 Å². The first-order valence-corrected chi connectivity index (χ1v) is 16.5. The molecule has 3 aromatic carbocycles. The van der Waals surface area contributed by atoms with Gasteiger partial charge < -0.3 is 19.7 Å². The molecule has 0 saturated heterocycles. The number of nitrogens with zero attached hydrogens (tertiary/aromatic N) is 2. The predicted octanol–water partition coefficient (Wildman–Crippen LogP) is 4.70. The van der Waals surface area contributed by atoms with Gasteiger partial charge in [-0.1, -0.05) is 61.7 Å². The van der Waals surface area contributed by atoms with Gasteiger partial charge in [-0.05, 0) is 48.2 Å². The maximum absolute atomic E-state index is 14.3. The van der Waals surface area contributed by atoms with Gasteiger partial charge in [-0.2, -0.15) is 0 Å². The number of methoxy groups -OCH3 is 2. The lowest BCUT2D eigenvalue weighted by molar-refractivity contribution is -0.140. The van der Waals surface area contributed by atoms with Crippen LogP contribution in [0.15, 0.2) is 72.8 Å². The fourth-order valence-corrected chi connectivity index (χ4v) is 6.32. The summed E-state index contributed by atoms with van der Waals surface area (Å²) >= 11 is 0. The monoisotopic (exact) mass is 625 g/mol. The lowest BCUT2D eigenvalue weighted by atomic mass is 9.94. The standard InChI is InChI=1S/C33H40FN3O6S/c1-42-28-18-19-29(31(21-28)43-2)37(44(3,40)41)23-32(38)36(22-25-14-16-26(34)17-15-25)30(20-24-10-6-4-7-11-24)33(39)35-27-12-8-5-9-13-27/h4,6-7,10-11,14-19,21,27,30H,5,8-9,12-13,20,22-23H2,1-3H3,(H,35,39). The zero-order chi connectivity index (χ0) is 31.7. The van der Waals surface area contributed by atoms with Crippen molar-refractivity contribution in [3.8, 4) is 11.5 Å². The molecule has 2 amide bonds. The molecule has 3 aromatic rings. The first kappa shape index (κ1) is 32.8. The molecule has 1 aliphatic rings. The lowest BCUT2D eigenvalue weighted by Crippen LogP contribution is -2.55. The Kier molecular flexibility index (Phi) is 11.2. The van der Waals surface area contributed by atoms with Crippen molar-refractivity contribution >= 4 is 27.5 Å². The number of ether oxygens (including phenoxy) is 2. The maximum Gasteiger partial charge on any atom is 0.244 e. The second-order valence-corrected chi connectivity index (χ2v) is 12.9. The Bertz CT molecular complexity index is 1510. The van der Waals surface area contributed by atoms with E-state index in [4.69, 9.17) is 9.47 Å². The highest BCUT2D eigenvalue weighted by Crippen LogP contribution is 2.34. The number of nitrogens with one attached hydrogen (secondary N) is 1. The molecule has 1 atom stereocenters. The van der Waals surface area contributed by atoms with E-state index in [-0.39, 0.29) is 36.4 Å². The number of carbonyl (C=O) groups is 2. The van der Waals surface area contributed by atoms with E-state index in [9.17, 15) is 22.4 Å². The van der Waals surface area contributed by atoms with E-state index in [0.717, 1.165) is 48.2 Å². The Morgan fingerprint density at radius 1 is 0.932 bits per heavy atom. The molecule has 9 nitrogen and oxygen atoms in total. The number of benzene rings is 3. The zero-order valence-corrected chi connectivity index (χ0v) is 26.2. The molecule has 44 heavy (non-hydrogen) atoms. The Hall–Kier alpha value is -4.12. The first-order valence-electron chi connectivity index (χ1n) is 14.7. The molecule has 0 bridgehead atoms. The average Bonchev–Trinajstić information content (AvgIpc) is 3.02. The van der Waals surface area contributed by atoms with Crippen molar-refractivity contribution in [1.82, 2.24) is 10.2 Å². The highest BCUT2D eigenvalue weighted by Gasteiger charge is 2.34. The fraction of sp³-hybridized carbons (Fsp3) is 0.394. The van der Waals surface area contributed by atoms with Crippen LogP contribution in [0.25, 0.3) is 0 Å². The lowest BCUT2D eigenvalue weighted by Gasteiger charge is -2.35. The van der Waals surface area contributed by atoms with E-state index < -0.39 is 34.3 Å². The van der Waals surface area contributed by atoms with Crippen molar-refractivity contribution in [1.29, 1.82) is 0 Å². The van der Waals surface area contributed by atoms with E-state index in [1.807, 2.05) is 30.3 Å². The minimum absolute atomic E-state index is 0.00613. The molecular weight excluding hydrogens is 585 g/mol. The molecule has 11 heteroatoms. The highest BCUT2D eigenvalue weighted by atomic mass is 32.2. The molecule has 236 valence electrons. The number of anilines is 1. The molecule has 1 N–H and O–H groups in total. The minimum Gasteiger partial charge on any atom is -0.497 e. The quantitative estimate of drug-likeness (QED) is 0.295. The number of sulfonamides is 1. The van der Waals surface area contributed by atoms with Crippen molar-refractivity contribution < 1.29 is 31.9 Å². The van der Waals surface area contributed by atoms with Crippen LogP contribution < -0.4 is 19.1 Å². The van der Waals surface area contributed by atoms with Crippen LogP contribution in [0.5, 0.6) is 11.5 Å². The fourth-order valence-electron chi connectivity index (χ4n) is 5.47. The van der Waals surface area contributed by atoms with E-state index in [0.29, 0.717) is 11.3 Å². The molecule has 1 unspecified atom stereocenters. The molecule has 1 saturated carbocycles. The summed E-state index contributed by atoms with van der Waals surface area (Å²) < 4.78 is 51.7. The molecule has 0 aliphatic heterocycles. The van der Waals surface area contributed by atoms with E-state index >= 15 is 0 Å². The van der Waals surface area contributed by atoms with E-state index in [1.54, 1.807) is 18.2 Å². The first-order chi connectivity index (χ1) is 21.1. The van der Waals surface area contributed by atoms with Crippen LogP contribution in [-0.2, 0) is 32.6 Å². The third kappa shape index (κ3) is 8.72. The molecule has 4 rings (SSSR count). The summed E-state index contributed by atoms with van der Waals surface area (Å²) in [7, 11) is -1.12. The van der Waals surface area contributed by atoms with Crippen molar-refractivity contribution in [2.75, 3.05) is 31.3 Å². The average molecular weight is 626 g/mol. The Morgan fingerprint density at radius 2 is 1.61 bits per heavy atom. The van der Waals surface area contributed by atoms with Crippen LogP contribution in [0.2, 0.25) is 0 Å². The third-order valence-electron chi connectivity index (χ3n) is 7.82. The van der Waals surface area contributed by atoms with Crippen molar-refractivity contribution in [2.45, 2.75) is 57.2 Å². The van der Waals surface area contributed by atoms with Crippen LogP contribution in [0.4, 0.5) is 10.1 Å². The number of rotatable bonds is 13. The van der Waals surface area contributed by atoms with Crippen molar-refractivity contribution in [3.05, 3.63) is 89.7 Å². The summed E-state index contributed by atoms with van der Waals surface area (Å²) in [6, 6.07) is 18.7. The largest absolute Gasteiger partial charge is 0.497 e. The zero-order valence-electron chi connectivity index (χ0n) is 25.4. The van der Waals surface area contributed by atoms with Gasteiger partial charge in [-0.3, -0.25) is 13.9 Å². The van der Waals surface area contributed by atoms with Crippen LogP contribution >= 0.6 is 0 Å². The normalized spacial score (nSPS) is 14.4. The number of amides is 2. The molecule has 1 aliphatic carbocycles. The van der Waals surface area contributed by atoms with Crippen LogP contribution in [0.3, 0.4) is 0 Å². The summed E-state index contributed by atoms with van der Waals surface area (Å²) in [5.74, 6) is -0.701. The second-order valence-electron chi connectivity index (χ2n) is 11.0. The molecule has 0 spiro atoms. The van der Waals surface area contributed by atoms with Gasteiger partial charge in [0.2, 0.25) is 21.8 Å². The molecular formula is C33H40FN3O6S. The summed E-state index contributed by atoms with van der Waals surface area (Å²) in [4.78, 5) is 29.7. The van der Waals surface area contributed by atoms with Gasteiger partial charge in [0.1, 0.15) is 29.9 Å². The summed E-state index contributed by atoms with van der Waals surface area (Å²) in [6.07, 6.45) is 6.07. The topological polar surface area (TPSA) is 105 Å². The Balaban J connectivity index is 1.74. The Morgan fingerprint density at radius 3 is 2.23 bits per heavy atom. The van der Waals surface area contributed by atoms with Crippen LogP contribution in [0, 0.1) is 5.82 Å². The smallest absolute Gasteiger partial charge is 0.244 e. The summed E-state index contributed by atoms with van der Waals surface area (Å²) in [5, 5.41) is 3.16. The van der Waals surface area contributed by atoms with Gasteiger partial charge in [0, 0.05) is 25.1 Å². The number of hydrogen-bond acceptors (Lipinski definition) is 6. The SMILES string of the molecule is COc1ccc(N(CC(=O)N(Cc2ccc(F)cc2)C(Cc2ccccc2)C(=O)NC2CCCCC2)S(C)(=O)=O)c(OC)c1. The predicted molar refractivity (Wildman–Crippen MR) is 168 cm³/mol. The number of hydrogen-bond donors (Lipinski definition) is 1. The number of halogens is 1.